The molecular formula is C45H38N2O. The maximum atomic E-state index is 6.56. The fourth-order valence-corrected chi connectivity index (χ4v) is 8.33. The summed E-state index contributed by atoms with van der Waals surface area (Å²) in [6, 6.07) is 37.9. The van der Waals surface area contributed by atoms with E-state index in [-0.39, 0.29) is 12.1 Å². The Hall–Kier alpha value is -5.41. The second kappa shape index (κ2) is 12.0. The van der Waals surface area contributed by atoms with Crippen molar-refractivity contribution in [2.24, 2.45) is 10.9 Å². The van der Waals surface area contributed by atoms with Crippen LogP contribution in [0.3, 0.4) is 0 Å². The Morgan fingerprint density at radius 3 is 2.27 bits per heavy atom. The van der Waals surface area contributed by atoms with Crippen LogP contribution in [0.5, 0.6) is 5.75 Å². The van der Waals surface area contributed by atoms with Gasteiger partial charge in [0.15, 0.2) is 0 Å². The van der Waals surface area contributed by atoms with Crippen molar-refractivity contribution < 1.29 is 4.74 Å². The molecule has 234 valence electrons. The van der Waals surface area contributed by atoms with E-state index in [0.717, 1.165) is 48.5 Å². The van der Waals surface area contributed by atoms with Gasteiger partial charge in [0.1, 0.15) is 17.7 Å². The molecule has 3 heteroatoms. The summed E-state index contributed by atoms with van der Waals surface area (Å²) in [5, 5.41) is 3.79. The first kappa shape index (κ1) is 28.8. The Bertz CT molecular complexity index is 2070. The largest absolute Gasteiger partial charge is 0.461 e. The summed E-state index contributed by atoms with van der Waals surface area (Å²) >= 11 is 0. The van der Waals surface area contributed by atoms with E-state index in [0.29, 0.717) is 5.92 Å². The van der Waals surface area contributed by atoms with Crippen molar-refractivity contribution in [3.05, 3.63) is 208 Å². The Morgan fingerprint density at radius 1 is 0.688 bits per heavy atom. The third-order valence-corrected chi connectivity index (χ3v) is 10.6. The highest BCUT2D eigenvalue weighted by Crippen LogP contribution is 2.56. The minimum atomic E-state index is -0.396. The van der Waals surface area contributed by atoms with E-state index in [1.54, 1.807) is 0 Å². The average molecular weight is 623 g/mol. The molecule has 4 aromatic rings. The lowest BCUT2D eigenvalue weighted by Gasteiger charge is -2.47. The topological polar surface area (TPSA) is 33.6 Å². The number of nitrogens with zero attached hydrogens (tertiary/aromatic N) is 1. The minimum Gasteiger partial charge on any atom is -0.461 e. The van der Waals surface area contributed by atoms with Crippen molar-refractivity contribution >= 4 is 5.71 Å². The van der Waals surface area contributed by atoms with Crippen LogP contribution in [0.2, 0.25) is 0 Å². The van der Waals surface area contributed by atoms with Gasteiger partial charge in [-0.05, 0) is 60.1 Å². The second-order valence-electron chi connectivity index (χ2n) is 13.3. The van der Waals surface area contributed by atoms with Crippen molar-refractivity contribution in [3.8, 4) is 5.75 Å². The highest BCUT2D eigenvalue weighted by molar-refractivity contribution is 6.16. The van der Waals surface area contributed by atoms with Crippen LogP contribution in [-0.2, 0) is 5.41 Å². The van der Waals surface area contributed by atoms with Crippen molar-refractivity contribution in [1.82, 2.24) is 5.32 Å². The normalized spacial score (nSPS) is 25.2. The summed E-state index contributed by atoms with van der Waals surface area (Å²) in [4.78, 5) is 5.40. The van der Waals surface area contributed by atoms with Gasteiger partial charge in [0.25, 0.3) is 0 Å². The van der Waals surface area contributed by atoms with E-state index in [9.17, 15) is 0 Å². The predicted octanol–water partition coefficient (Wildman–Crippen LogP) is 10.2. The van der Waals surface area contributed by atoms with Gasteiger partial charge in [-0.3, -0.25) is 4.99 Å². The molecule has 9 rings (SSSR count). The Kier molecular flexibility index (Phi) is 7.19. The van der Waals surface area contributed by atoms with Crippen LogP contribution in [0.4, 0.5) is 0 Å². The van der Waals surface area contributed by atoms with E-state index in [2.05, 4.69) is 163 Å². The molecule has 0 fully saturated rings. The van der Waals surface area contributed by atoms with Gasteiger partial charge in [-0.25, -0.2) is 0 Å². The first-order valence-electron chi connectivity index (χ1n) is 17.3. The Balaban J connectivity index is 1.12. The number of hydrogen-bond acceptors (Lipinski definition) is 3. The molecule has 3 aliphatic carbocycles. The first-order chi connectivity index (χ1) is 23.8. The van der Waals surface area contributed by atoms with Crippen LogP contribution in [-0.4, -0.2) is 5.71 Å². The van der Waals surface area contributed by atoms with Crippen LogP contribution < -0.4 is 10.1 Å². The smallest absolute Gasteiger partial charge is 0.145 e. The summed E-state index contributed by atoms with van der Waals surface area (Å²) in [6.07, 6.45) is 23.9. The van der Waals surface area contributed by atoms with Crippen molar-refractivity contribution in [1.29, 1.82) is 0 Å². The summed E-state index contributed by atoms with van der Waals surface area (Å²) < 4.78 is 6.56. The molecule has 4 atom stereocenters. The lowest BCUT2D eigenvalue weighted by molar-refractivity contribution is 0.250. The molecule has 2 heterocycles. The predicted molar refractivity (Wildman–Crippen MR) is 195 cm³/mol. The lowest BCUT2D eigenvalue weighted by atomic mass is 9.58. The monoisotopic (exact) mass is 622 g/mol. The summed E-state index contributed by atoms with van der Waals surface area (Å²) in [5.41, 5.74) is 10.5. The molecule has 0 radical (unpaired) electrons. The van der Waals surface area contributed by atoms with Gasteiger partial charge in [0.05, 0.1) is 11.1 Å². The number of hydrogen-bond donors (Lipinski definition) is 1. The maximum Gasteiger partial charge on any atom is 0.145 e. The van der Waals surface area contributed by atoms with Crippen molar-refractivity contribution in [2.45, 2.75) is 43.2 Å². The molecule has 0 aromatic heterocycles. The zero-order chi connectivity index (χ0) is 31.9. The van der Waals surface area contributed by atoms with Gasteiger partial charge in [-0.1, -0.05) is 146 Å². The van der Waals surface area contributed by atoms with Crippen molar-refractivity contribution in [2.75, 3.05) is 0 Å². The molecule has 4 unspecified atom stereocenters. The lowest BCUT2D eigenvalue weighted by Crippen LogP contribution is -2.43. The molecular weight excluding hydrogens is 585 g/mol. The summed E-state index contributed by atoms with van der Waals surface area (Å²) in [7, 11) is 0. The van der Waals surface area contributed by atoms with Crippen LogP contribution in [0.25, 0.3) is 0 Å². The molecule has 0 spiro atoms. The molecule has 3 nitrogen and oxygen atoms in total. The average Bonchev–Trinajstić information content (AvgIpc) is 3.17. The quantitative estimate of drug-likeness (QED) is 0.240. The fourth-order valence-electron chi connectivity index (χ4n) is 8.33. The van der Waals surface area contributed by atoms with Gasteiger partial charge in [-0.2, -0.15) is 0 Å². The number of aliphatic imine (C=N–C) groups is 1. The van der Waals surface area contributed by atoms with E-state index in [1.807, 2.05) is 0 Å². The molecule has 1 N–H and O–H groups in total. The van der Waals surface area contributed by atoms with Gasteiger partial charge >= 0.3 is 0 Å². The minimum absolute atomic E-state index is 0.145. The van der Waals surface area contributed by atoms with Gasteiger partial charge < -0.3 is 10.1 Å². The van der Waals surface area contributed by atoms with Crippen molar-refractivity contribution in [3.63, 3.8) is 0 Å². The molecule has 48 heavy (non-hydrogen) atoms. The zero-order valence-electron chi connectivity index (χ0n) is 26.9. The Labute approximate surface area is 283 Å². The molecule has 0 saturated carbocycles. The van der Waals surface area contributed by atoms with Crippen LogP contribution in [0, 0.1) is 5.92 Å². The van der Waals surface area contributed by atoms with E-state index >= 15 is 0 Å². The highest BCUT2D eigenvalue weighted by atomic mass is 16.5. The maximum absolute atomic E-state index is 6.56. The number of nitrogens with one attached hydrogen (secondary N) is 1. The van der Waals surface area contributed by atoms with Crippen LogP contribution in [0.1, 0.15) is 71.1 Å². The second-order valence-corrected chi connectivity index (χ2v) is 13.3. The molecule has 4 aromatic carbocycles. The standard InChI is InChI=1S/C45H38N2O/c1-3-13-31(14-4-1)32-23-25-33(26-24-32)43-37-17-7-10-20-40(37)46-44(47-43)34-27-29-36(30-28-34)45(35-15-5-2-6-16-35)38-18-8-11-21-41(38)48-42-22-12-9-19-39(42)45/h1-6,8-9,11-13,15-18,20-31,39,44,46H,7,10,14,19H2. The first-order valence-corrected chi connectivity index (χ1v) is 17.3. The van der Waals surface area contributed by atoms with E-state index in [4.69, 9.17) is 9.73 Å². The number of allylic oxidation sites excluding steroid dienone is 11. The van der Waals surface area contributed by atoms with Gasteiger partial charge in [0.2, 0.25) is 0 Å². The molecule has 5 aliphatic rings. The third kappa shape index (κ3) is 4.76. The molecule has 0 saturated heterocycles. The number of fused-ring (bicyclic) bond motifs is 3. The van der Waals surface area contributed by atoms with E-state index < -0.39 is 5.41 Å². The zero-order valence-corrected chi connectivity index (χ0v) is 26.9. The fraction of sp³-hybridized carbons (Fsp3) is 0.178. The van der Waals surface area contributed by atoms with Gasteiger partial charge in [-0.15, -0.1) is 0 Å². The molecule has 0 bridgehead atoms. The number of rotatable bonds is 5. The number of benzene rings is 4. The van der Waals surface area contributed by atoms with Crippen LogP contribution >= 0.6 is 0 Å². The summed E-state index contributed by atoms with van der Waals surface area (Å²) in [6.45, 7) is 0. The SMILES string of the molecule is C1=CCC(c2ccc(C3=NC(c4ccc(C5(c6ccccc6)c6ccccc6OC6=CC=CCC65)cc4)NC4=CCCC=C43)cc2)C=C1. The number of ether oxygens (including phenoxy) is 1. The number of para-hydroxylation sites is 1. The third-order valence-electron chi connectivity index (χ3n) is 10.6. The summed E-state index contributed by atoms with van der Waals surface area (Å²) in [5.74, 6) is 2.54. The molecule has 2 aliphatic heterocycles. The van der Waals surface area contributed by atoms with E-state index in [1.165, 1.54) is 39.1 Å². The Morgan fingerprint density at radius 2 is 1.44 bits per heavy atom. The van der Waals surface area contributed by atoms with Gasteiger partial charge in [0, 0.05) is 34.2 Å². The van der Waals surface area contributed by atoms with Crippen LogP contribution in [0.15, 0.2) is 180 Å². The highest BCUT2D eigenvalue weighted by Gasteiger charge is 2.50. The molecule has 0 amide bonds.